The fourth-order valence-corrected chi connectivity index (χ4v) is 6.37. The van der Waals surface area contributed by atoms with Crippen LogP contribution in [0.1, 0.15) is 23.2 Å². The van der Waals surface area contributed by atoms with Crippen LogP contribution in [0.15, 0.2) is 47.4 Å². The Morgan fingerprint density at radius 3 is 2.51 bits per heavy atom. The minimum atomic E-state index is -3.69. The Kier molecular flexibility index (Phi) is 8.09. The minimum Gasteiger partial charge on any atom is -0.377 e. The van der Waals surface area contributed by atoms with Crippen molar-refractivity contribution in [3.8, 4) is 0 Å². The van der Waals surface area contributed by atoms with Gasteiger partial charge in [0.1, 0.15) is 5.52 Å². The van der Waals surface area contributed by atoms with Crippen LogP contribution in [-0.4, -0.2) is 82.0 Å². The van der Waals surface area contributed by atoms with Crippen molar-refractivity contribution in [1.29, 1.82) is 0 Å². The lowest BCUT2D eigenvalue weighted by atomic mass is 10.2. The predicted molar refractivity (Wildman–Crippen MR) is 140 cm³/mol. The zero-order chi connectivity index (χ0) is 25.2. The van der Waals surface area contributed by atoms with E-state index in [0.717, 1.165) is 17.5 Å². The summed E-state index contributed by atoms with van der Waals surface area (Å²) in [6.45, 7) is 2.03. The molecular weight excluding hydrogens is 508 g/mol. The summed E-state index contributed by atoms with van der Waals surface area (Å²) in [5.41, 5.74) is 1.04. The van der Waals surface area contributed by atoms with Gasteiger partial charge in [0, 0.05) is 38.9 Å². The number of likely N-dealkylation sites (N-methyl/N-ethyl adjacent to an activating group) is 2. The number of amides is 1. The summed E-state index contributed by atoms with van der Waals surface area (Å²) < 4.78 is 33.8. The van der Waals surface area contributed by atoms with Crippen LogP contribution < -0.4 is 4.90 Å². The number of nitrogens with zero attached hydrogens (tertiary/aromatic N) is 4. The molecule has 2 heterocycles. The zero-order valence-electron chi connectivity index (χ0n) is 20.0. The second-order valence-electron chi connectivity index (χ2n) is 8.79. The molecule has 1 aromatic heterocycles. The first kappa shape index (κ1) is 26.0. The third-order valence-electron chi connectivity index (χ3n) is 5.90. The molecule has 188 valence electrons. The molecule has 1 fully saturated rings. The highest BCUT2D eigenvalue weighted by atomic mass is 35.5. The van der Waals surface area contributed by atoms with E-state index in [-0.39, 0.29) is 16.9 Å². The highest BCUT2D eigenvalue weighted by Gasteiger charge is 2.27. The van der Waals surface area contributed by atoms with Gasteiger partial charge in [-0.15, -0.1) is 0 Å². The highest BCUT2D eigenvalue weighted by Crippen LogP contribution is 2.33. The Morgan fingerprint density at radius 2 is 1.89 bits per heavy atom. The van der Waals surface area contributed by atoms with Crippen LogP contribution in [0, 0.1) is 0 Å². The molecule has 4 rings (SSSR count). The summed E-state index contributed by atoms with van der Waals surface area (Å²) in [5.74, 6) is -0.251. The number of carbonyl (C=O) groups excluding carboxylic acids is 1. The quantitative estimate of drug-likeness (QED) is 0.412. The maximum absolute atomic E-state index is 13.5. The van der Waals surface area contributed by atoms with E-state index >= 15 is 0 Å². The number of benzene rings is 2. The van der Waals surface area contributed by atoms with Crippen LogP contribution in [0.5, 0.6) is 0 Å². The first-order chi connectivity index (χ1) is 16.7. The number of carbonyl (C=O) groups is 1. The van der Waals surface area contributed by atoms with Gasteiger partial charge in [0.15, 0.2) is 5.13 Å². The number of rotatable bonds is 9. The van der Waals surface area contributed by atoms with Gasteiger partial charge in [-0.1, -0.05) is 29.0 Å². The number of hydrogen-bond acceptors (Lipinski definition) is 7. The summed E-state index contributed by atoms with van der Waals surface area (Å²) >= 11 is 7.70. The van der Waals surface area contributed by atoms with E-state index in [1.165, 1.54) is 27.8 Å². The molecule has 1 saturated heterocycles. The molecule has 0 saturated carbocycles. The standard InChI is InChI=1S/C24H29ClN4O4S2/c1-27(2)13-14-29(24-26-22-20(25)7-4-8-21(22)34-24)23(30)17-9-11-19(12-10-17)35(31,32)28(3)16-18-6-5-15-33-18/h4,7-12,18H,5-6,13-16H2,1-3H3. The van der Waals surface area contributed by atoms with Gasteiger partial charge in [-0.2, -0.15) is 4.31 Å². The van der Waals surface area contributed by atoms with E-state index in [2.05, 4.69) is 4.98 Å². The summed E-state index contributed by atoms with van der Waals surface area (Å²) in [4.78, 5) is 21.9. The van der Waals surface area contributed by atoms with Crippen LogP contribution in [0.2, 0.25) is 5.02 Å². The van der Waals surface area contributed by atoms with E-state index in [1.54, 1.807) is 30.1 Å². The van der Waals surface area contributed by atoms with Gasteiger partial charge in [0.2, 0.25) is 10.0 Å². The van der Waals surface area contributed by atoms with Gasteiger partial charge in [-0.25, -0.2) is 13.4 Å². The lowest BCUT2D eigenvalue weighted by molar-refractivity contribution is 0.0978. The summed E-state index contributed by atoms with van der Waals surface area (Å²) in [6, 6.07) is 11.6. The van der Waals surface area contributed by atoms with Gasteiger partial charge in [0.25, 0.3) is 5.91 Å². The summed E-state index contributed by atoms with van der Waals surface area (Å²) in [7, 11) is 1.74. The number of anilines is 1. The zero-order valence-corrected chi connectivity index (χ0v) is 22.4. The molecule has 0 bridgehead atoms. The number of ether oxygens (including phenoxy) is 1. The first-order valence-corrected chi connectivity index (χ1v) is 14.0. The van der Waals surface area contributed by atoms with Crippen LogP contribution in [0.3, 0.4) is 0 Å². The molecule has 0 N–H and O–H groups in total. The third-order valence-corrected chi connectivity index (χ3v) is 9.09. The maximum Gasteiger partial charge on any atom is 0.260 e. The molecule has 0 spiro atoms. The van der Waals surface area contributed by atoms with Crippen molar-refractivity contribution in [3.05, 3.63) is 53.1 Å². The first-order valence-electron chi connectivity index (χ1n) is 11.4. The van der Waals surface area contributed by atoms with Crippen molar-refractivity contribution < 1.29 is 17.9 Å². The van der Waals surface area contributed by atoms with Crippen molar-refractivity contribution in [2.24, 2.45) is 0 Å². The number of thiazole rings is 1. The van der Waals surface area contributed by atoms with Crippen LogP contribution in [-0.2, 0) is 14.8 Å². The van der Waals surface area contributed by atoms with Crippen molar-refractivity contribution in [1.82, 2.24) is 14.2 Å². The average Bonchev–Trinajstić information content (AvgIpc) is 3.49. The molecule has 1 aliphatic rings. The van der Waals surface area contributed by atoms with Gasteiger partial charge >= 0.3 is 0 Å². The Balaban J connectivity index is 1.57. The molecular formula is C24H29ClN4O4S2. The number of sulfonamides is 1. The number of fused-ring (bicyclic) bond motifs is 1. The Bertz CT molecular complexity index is 1290. The van der Waals surface area contributed by atoms with E-state index in [4.69, 9.17) is 16.3 Å². The van der Waals surface area contributed by atoms with Crippen molar-refractivity contribution in [2.45, 2.75) is 23.8 Å². The Morgan fingerprint density at radius 1 is 1.14 bits per heavy atom. The second-order valence-corrected chi connectivity index (χ2v) is 12.2. The smallest absolute Gasteiger partial charge is 0.260 e. The van der Waals surface area contributed by atoms with Crippen LogP contribution >= 0.6 is 22.9 Å². The molecule has 0 radical (unpaired) electrons. The van der Waals surface area contributed by atoms with Crippen molar-refractivity contribution >= 4 is 54.2 Å². The second kappa shape index (κ2) is 10.9. The maximum atomic E-state index is 13.5. The van der Waals surface area contributed by atoms with Crippen LogP contribution in [0.4, 0.5) is 5.13 Å². The van der Waals surface area contributed by atoms with E-state index in [1.807, 2.05) is 31.1 Å². The fraction of sp³-hybridized carbons (Fsp3) is 0.417. The highest BCUT2D eigenvalue weighted by molar-refractivity contribution is 7.89. The van der Waals surface area contributed by atoms with Gasteiger partial charge in [-0.3, -0.25) is 9.69 Å². The van der Waals surface area contributed by atoms with Crippen molar-refractivity contribution in [2.75, 3.05) is 52.3 Å². The largest absolute Gasteiger partial charge is 0.377 e. The minimum absolute atomic E-state index is 0.0804. The molecule has 1 atom stereocenters. The number of aromatic nitrogens is 1. The van der Waals surface area contributed by atoms with Crippen LogP contribution in [0.25, 0.3) is 10.2 Å². The van der Waals surface area contributed by atoms with Gasteiger partial charge in [0.05, 0.1) is 20.7 Å². The molecule has 1 aliphatic heterocycles. The molecule has 11 heteroatoms. The fourth-order valence-electron chi connectivity index (χ4n) is 3.88. The Hall–Kier alpha value is -2.08. The Labute approximate surface area is 215 Å². The SMILES string of the molecule is CN(C)CCN(C(=O)c1ccc(S(=O)(=O)N(C)CC2CCCO2)cc1)c1nc2c(Cl)cccc2s1. The topological polar surface area (TPSA) is 83.1 Å². The lowest BCUT2D eigenvalue weighted by Crippen LogP contribution is -2.37. The predicted octanol–water partition coefficient (Wildman–Crippen LogP) is 3.96. The number of hydrogen-bond donors (Lipinski definition) is 0. The third kappa shape index (κ3) is 5.84. The van der Waals surface area contributed by atoms with E-state index in [0.29, 0.717) is 47.5 Å². The van der Waals surface area contributed by atoms with E-state index < -0.39 is 10.0 Å². The molecule has 3 aromatic rings. The van der Waals surface area contributed by atoms with Gasteiger partial charge < -0.3 is 9.64 Å². The number of halogens is 1. The molecule has 1 amide bonds. The molecule has 1 unspecified atom stereocenters. The molecule has 8 nitrogen and oxygen atoms in total. The summed E-state index contributed by atoms with van der Waals surface area (Å²) in [5, 5.41) is 1.08. The lowest BCUT2D eigenvalue weighted by Gasteiger charge is -2.22. The summed E-state index contributed by atoms with van der Waals surface area (Å²) in [6.07, 6.45) is 1.72. The molecule has 35 heavy (non-hydrogen) atoms. The number of para-hydroxylation sites is 1. The van der Waals surface area contributed by atoms with Crippen molar-refractivity contribution in [3.63, 3.8) is 0 Å². The van der Waals surface area contributed by atoms with E-state index in [9.17, 15) is 13.2 Å². The van der Waals surface area contributed by atoms with Gasteiger partial charge in [-0.05, 0) is 63.3 Å². The monoisotopic (exact) mass is 536 g/mol. The molecule has 0 aliphatic carbocycles. The average molecular weight is 537 g/mol. The normalized spacial score (nSPS) is 16.5. The molecule has 2 aromatic carbocycles.